The Bertz CT molecular complexity index is 566. The maximum absolute atomic E-state index is 13.8. The normalized spacial score (nSPS) is 16.3. The van der Waals surface area contributed by atoms with Gasteiger partial charge in [0.1, 0.15) is 5.82 Å². The van der Waals surface area contributed by atoms with Gasteiger partial charge in [0.05, 0.1) is 10.6 Å². The molecule has 1 aromatic carbocycles. The molecule has 0 aromatic heterocycles. The van der Waals surface area contributed by atoms with Crippen LogP contribution in [0.3, 0.4) is 0 Å². The molecule has 1 aliphatic heterocycles. The van der Waals surface area contributed by atoms with Crippen LogP contribution >= 0.6 is 11.6 Å². The number of piperazine rings is 1. The Balaban J connectivity index is 1.94. The summed E-state index contributed by atoms with van der Waals surface area (Å²) in [5.74, 6) is -1.02. The van der Waals surface area contributed by atoms with Gasteiger partial charge >= 0.3 is 0 Å². The lowest BCUT2D eigenvalue weighted by Gasteiger charge is -2.35. The highest BCUT2D eigenvalue weighted by molar-refractivity contribution is 6.33. The first-order valence-corrected chi connectivity index (χ1v) is 8.04. The summed E-state index contributed by atoms with van der Waals surface area (Å²) >= 11 is 5.93. The number of rotatable bonds is 4. The second-order valence-electron chi connectivity index (χ2n) is 5.79. The van der Waals surface area contributed by atoms with Crippen LogP contribution in [-0.4, -0.2) is 53.8 Å². The number of amides is 2. The molecule has 0 saturated carbocycles. The number of nitrogens with zero attached hydrogens (tertiary/aromatic N) is 2. The monoisotopic (exact) mass is 341 g/mol. The number of halogens is 2. The smallest absolute Gasteiger partial charge is 0.258 e. The van der Waals surface area contributed by atoms with Crippen molar-refractivity contribution in [1.82, 2.24) is 9.80 Å². The molecule has 1 saturated heterocycles. The first kappa shape index (κ1) is 17.7. The van der Waals surface area contributed by atoms with Gasteiger partial charge in [-0.3, -0.25) is 9.59 Å². The van der Waals surface area contributed by atoms with Gasteiger partial charge in [-0.05, 0) is 25.5 Å². The van der Waals surface area contributed by atoms with E-state index in [0.717, 1.165) is 0 Å². The molecular formula is C16H21ClFN3O2. The van der Waals surface area contributed by atoms with Crippen LogP contribution in [0.5, 0.6) is 0 Å². The second kappa shape index (κ2) is 7.75. The van der Waals surface area contributed by atoms with Crippen molar-refractivity contribution in [2.24, 2.45) is 5.73 Å². The molecule has 0 radical (unpaired) electrons. The van der Waals surface area contributed by atoms with E-state index < -0.39 is 11.7 Å². The van der Waals surface area contributed by atoms with Gasteiger partial charge in [-0.1, -0.05) is 17.7 Å². The largest absolute Gasteiger partial charge is 0.339 e. The maximum atomic E-state index is 13.8. The summed E-state index contributed by atoms with van der Waals surface area (Å²) in [5.41, 5.74) is 5.55. The zero-order valence-electron chi connectivity index (χ0n) is 13.1. The Hall–Kier alpha value is -1.66. The van der Waals surface area contributed by atoms with Gasteiger partial charge in [-0.15, -0.1) is 0 Å². The molecule has 0 aliphatic carbocycles. The highest BCUT2D eigenvalue weighted by atomic mass is 35.5. The summed E-state index contributed by atoms with van der Waals surface area (Å²) in [6, 6.07) is 4.16. The third-order valence-corrected chi connectivity index (χ3v) is 4.22. The first-order valence-electron chi connectivity index (χ1n) is 7.66. The van der Waals surface area contributed by atoms with Crippen molar-refractivity contribution in [3.63, 3.8) is 0 Å². The average Bonchev–Trinajstić information content (AvgIpc) is 2.52. The summed E-state index contributed by atoms with van der Waals surface area (Å²) in [7, 11) is 0. The Kier molecular flexibility index (Phi) is 5.96. The molecule has 7 heteroatoms. The van der Waals surface area contributed by atoms with Gasteiger partial charge in [0.25, 0.3) is 5.91 Å². The van der Waals surface area contributed by atoms with Gasteiger partial charge in [0, 0.05) is 38.6 Å². The summed E-state index contributed by atoms with van der Waals surface area (Å²) in [4.78, 5) is 27.7. The van der Waals surface area contributed by atoms with Crippen molar-refractivity contribution in [2.75, 3.05) is 26.2 Å². The van der Waals surface area contributed by atoms with E-state index in [2.05, 4.69) is 0 Å². The summed E-state index contributed by atoms with van der Waals surface area (Å²) < 4.78 is 13.8. The van der Waals surface area contributed by atoms with Crippen LogP contribution in [-0.2, 0) is 4.79 Å². The molecule has 126 valence electrons. The Labute approximate surface area is 140 Å². The molecule has 0 bridgehead atoms. The number of carbonyl (C=O) groups is 2. The standard InChI is InChI=1S/C16H21ClFN3O2/c1-11(19)5-6-14(22)20-7-9-21(10-8-20)16(23)15-12(17)3-2-4-13(15)18/h2-4,11H,5-10,19H2,1H3. The molecule has 1 heterocycles. The molecule has 0 spiro atoms. The predicted octanol–water partition coefficient (Wildman–Crippen LogP) is 1.89. The van der Waals surface area contributed by atoms with Crippen molar-refractivity contribution >= 4 is 23.4 Å². The van der Waals surface area contributed by atoms with Crippen LogP contribution in [0, 0.1) is 5.82 Å². The molecule has 2 N–H and O–H groups in total. The van der Waals surface area contributed by atoms with Gasteiger partial charge in [-0.25, -0.2) is 4.39 Å². The van der Waals surface area contributed by atoms with Crippen molar-refractivity contribution in [3.8, 4) is 0 Å². The predicted molar refractivity (Wildman–Crippen MR) is 86.8 cm³/mol. The number of nitrogens with two attached hydrogens (primary N) is 1. The molecule has 1 aliphatic rings. The molecule has 5 nitrogen and oxygen atoms in total. The van der Waals surface area contributed by atoms with E-state index >= 15 is 0 Å². The molecule has 23 heavy (non-hydrogen) atoms. The number of carbonyl (C=O) groups excluding carboxylic acids is 2. The Morgan fingerprint density at radius 1 is 1.26 bits per heavy atom. The molecule has 2 amide bonds. The fourth-order valence-corrected chi connectivity index (χ4v) is 2.77. The minimum atomic E-state index is -0.627. The topological polar surface area (TPSA) is 66.6 Å². The first-order chi connectivity index (χ1) is 10.9. The zero-order chi connectivity index (χ0) is 17.0. The minimum absolute atomic E-state index is 0.00925. The van der Waals surface area contributed by atoms with Crippen molar-refractivity contribution in [1.29, 1.82) is 0 Å². The van der Waals surface area contributed by atoms with Crippen molar-refractivity contribution in [3.05, 3.63) is 34.6 Å². The second-order valence-corrected chi connectivity index (χ2v) is 6.19. The Morgan fingerprint density at radius 2 is 1.87 bits per heavy atom. The molecular weight excluding hydrogens is 321 g/mol. The SMILES string of the molecule is CC(N)CCC(=O)N1CCN(C(=O)c2c(F)cccc2Cl)CC1. The fourth-order valence-electron chi connectivity index (χ4n) is 2.53. The minimum Gasteiger partial charge on any atom is -0.339 e. The third kappa shape index (κ3) is 4.42. The van der Waals surface area contributed by atoms with E-state index in [-0.39, 0.29) is 22.5 Å². The Morgan fingerprint density at radius 3 is 2.43 bits per heavy atom. The van der Waals surface area contributed by atoms with Crippen LogP contribution in [0.25, 0.3) is 0 Å². The van der Waals surface area contributed by atoms with E-state index in [9.17, 15) is 14.0 Å². The lowest BCUT2D eigenvalue weighted by Crippen LogP contribution is -2.50. The van der Waals surface area contributed by atoms with E-state index in [4.69, 9.17) is 17.3 Å². The molecule has 2 rings (SSSR count). The fraction of sp³-hybridized carbons (Fsp3) is 0.500. The van der Waals surface area contributed by atoms with E-state index in [0.29, 0.717) is 39.0 Å². The summed E-state index contributed by atoms with van der Waals surface area (Å²) in [6.45, 7) is 3.48. The average molecular weight is 342 g/mol. The van der Waals surface area contributed by atoms with Crippen LogP contribution in [0.4, 0.5) is 4.39 Å². The quantitative estimate of drug-likeness (QED) is 0.909. The summed E-state index contributed by atoms with van der Waals surface area (Å²) in [5, 5.41) is 0.102. The van der Waals surface area contributed by atoms with Crippen molar-refractivity contribution in [2.45, 2.75) is 25.8 Å². The molecule has 1 unspecified atom stereocenters. The van der Waals surface area contributed by atoms with E-state index in [1.54, 1.807) is 4.90 Å². The molecule has 1 fully saturated rings. The lowest BCUT2D eigenvalue weighted by molar-refractivity contribution is -0.132. The lowest BCUT2D eigenvalue weighted by atomic mass is 10.1. The van der Waals surface area contributed by atoms with Gasteiger partial charge in [0.15, 0.2) is 0 Å². The molecule has 1 aromatic rings. The van der Waals surface area contributed by atoms with Gasteiger partial charge < -0.3 is 15.5 Å². The van der Waals surface area contributed by atoms with Crippen LogP contribution in [0.15, 0.2) is 18.2 Å². The van der Waals surface area contributed by atoms with Crippen molar-refractivity contribution < 1.29 is 14.0 Å². The summed E-state index contributed by atoms with van der Waals surface area (Å²) in [6.07, 6.45) is 1.05. The van der Waals surface area contributed by atoms with Gasteiger partial charge in [0.2, 0.25) is 5.91 Å². The molecule has 1 atom stereocenters. The third-order valence-electron chi connectivity index (χ3n) is 3.91. The maximum Gasteiger partial charge on any atom is 0.258 e. The van der Waals surface area contributed by atoms with E-state index in [1.807, 2.05) is 6.92 Å². The van der Waals surface area contributed by atoms with Crippen LogP contribution in [0.1, 0.15) is 30.1 Å². The van der Waals surface area contributed by atoms with Gasteiger partial charge in [-0.2, -0.15) is 0 Å². The van der Waals surface area contributed by atoms with Crippen LogP contribution < -0.4 is 5.73 Å². The van der Waals surface area contributed by atoms with Crippen LogP contribution in [0.2, 0.25) is 5.02 Å². The number of hydrogen-bond donors (Lipinski definition) is 1. The highest BCUT2D eigenvalue weighted by Gasteiger charge is 2.27. The zero-order valence-corrected chi connectivity index (χ0v) is 13.9. The number of hydrogen-bond acceptors (Lipinski definition) is 3. The highest BCUT2D eigenvalue weighted by Crippen LogP contribution is 2.21. The van der Waals surface area contributed by atoms with E-state index in [1.165, 1.54) is 23.1 Å². The number of benzene rings is 1.